The summed E-state index contributed by atoms with van der Waals surface area (Å²) in [5.74, 6) is 0.960. The molecule has 3 rings (SSSR count). The Morgan fingerprint density at radius 2 is 1.95 bits per heavy atom. The molecule has 2 aliphatic rings. The molecule has 1 aromatic rings. The average Bonchev–Trinajstić information content (AvgIpc) is 2.76. The fourth-order valence-corrected chi connectivity index (χ4v) is 4.45. The predicted molar refractivity (Wildman–Crippen MR) is 86.0 cm³/mol. The molecular formula is C18H25ClO2. The highest BCUT2D eigenvalue weighted by Crippen LogP contribution is 2.55. The number of halogens is 1. The van der Waals surface area contributed by atoms with Crippen LogP contribution in [0, 0.1) is 5.41 Å². The maximum atomic E-state index is 6.60. The molecular weight excluding hydrogens is 284 g/mol. The van der Waals surface area contributed by atoms with Gasteiger partial charge in [0.05, 0.1) is 6.61 Å². The van der Waals surface area contributed by atoms with E-state index in [1.54, 1.807) is 7.11 Å². The molecule has 2 fully saturated rings. The number of hydrogen-bond donors (Lipinski definition) is 0. The lowest BCUT2D eigenvalue weighted by molar-refractivity contribution is -0.0513. The van der Waals surface area contributed by atoms with Crippen molar-refractivity contribution in [3.63, 3.8) is 0 Å². The summed E-state index contributed by atoms with van der Waals surface area (Å²) in [4.78, 5) is 0. The van der Waals surface area contributed by atoms with Gasteiger partial charge in [-0.2, -0.15) is 0 Å². The normalized spacial score (nSPS) is 27.9. The number of rotatable bonds is 4. The van der Waals surface area contributed by atoms with Crippen LogP contribution in [0.15, 0.2) is 24.3 Å². The quantitative estimate of drug-likeness (QED) is 0.734. The third kappa shape index (κ3) is 3.07. The summed E-state index contributed by atoms with van der Waals surface area (Å²) in [7, 11) is 1.72. The maximum absolute atomic E-state index is 6.60. The van der Waals surface area contributed by atoms with Crippen molar-refractivity contribution in [3.8, 4) is 5.75 Å². The summed E-state index contributed by atoms with van der Waals surface area (Å²) in [6.45, 7) is 0.630. The zero-order valence-electron chi connectivity index (χ0n) is 12.8. The molecule has 2 atom stereocenters. The van der Waals surface area contributed by atoms with Gasteiger partial charge in [-0.15, -0.1) is 11.6 Å². The zero-order chi connectivity index (χ0) is 14.7. The van der Waals surface area contributed by atoms with Gasteiger partial charge in [-0.1, -0.05) is 37.8 Å². The Morgan fingerprint density at radius 1 is 1.19 bits per heavy atom. The van der Waals surface area contributed by atoms with Gasteiger partial charge >= 0.3 is 0 Å². The van der Waals surface area contributed by atoms with Crippen LogP contribution in [0.1, 0.15) is 50.5 Å². The van der Waals surface area contributed by atoms with Crippen molar-refractivity contribution in [2.24, 2.45) is 5.41 Å². The molecule has 0 amide bonds. The van der Waals surface area contributed by atoms with Gasteiger partial charge in [0.1, 0.15) is 11.9 Å². The summed E-state index contributed by atoms with van der Waals surface area (Å²) in [5.41, 5.74) is 1.38. The van der Waals surface area contributed by atoms with Crippen molar-refractivity contribution >= 4 is 11.6 Å². The van der Waals surface area contributed by atoms with Crippen LogP contribution < -0.4 is 4.74 Å². The molecule has 0 bridgehead atoms. The van der Waals surface area contributed by atoms with Crippen molar-refractivity contribution in [2.45, 2.75) is 63.0 Å². The Hall–Kier alpha value is -0.730. The average molecular weight is 309 g/mol. The Morgan fingerprint density at radius 3 is 2.62 bits per heavy atom. The maximum Gasteiger partial charge on any atom is 0.120 e. The second kappa shape index (κ2) is 6.58. The molecule has 0 radical (unpaired) electrons. The molecule has 0 saturated heterocycles. The van der Waals surface area contributed by atoms with E-state index >= 15 is 0 Å². The van der Waals surface area contributed by atoms with E-state index < -0.39 is 0 Å². The molecule has 116 valence electrons. The number of ether oxygens (including phenoxy) is 2. The van der Waals surface area contributed by atoms with Crippen LogP contribution >= 0.6 is 11.6 Å². The number of alkyl halides is 1. The molecule has 21 heavy (non-hydrogen) atoms. The van der Waals surface area contributed by atoms with E-state index in [9.17, 15) is 0 Å². The molecule has 3 heteroatoms. The van der Waals surface area contributed by atoms with Gasteiger partial charge in [-0.25, -0.2) is 0 Å². The van der Waals surface area contributed by atoms with Gasteiger partial charge < -0.3 is 9.47 Å². The standard InChI is InChI=1S/C18H25ClO2/c1-20-13-14-7-6-8-15(11-14)21-17-12-16(19)18(17)9-4-2-3-5-10-18/h6-8,11,16-17H,2-5,9-10,12-13H2,1H3. The number of methoxy groups -OCH3 is 1. The molecule has 1 aromatic carbocycles. The Bertz CT molecular complexity index is 466. The highest BCUT2D eigenvalue weighted by molar-refractivity contribution is 6.21. The fraction of sp³-hybridized carbons (Fsp3) is 0.667. The zero-order valence-corrected chi connectivity index (χ0v) is 13.6. The van der Waals surface area contributed by atoms with Crippen molar-refractivity contribution in [3.05, 3.63) is 29.8 Å². The largest absolute Gasteiger partial charge is 0.490 e. The van der Waals surface area contributed by atoms with Crippen LogP contribution in [-0.2, 0) is 11.3 Å². The molecule has 0 aromatic heterocycles. The summed E-state index contributed by atoms with van der Waals surface area (Å²) in [5, 5.41) is 0.294. The second-order valence-corrected chi connectivity index (χ2v) is 7.06. The highest BCUT2D eigenvalue weighted by atomic mass is 35.5. The molecule has 2 unspecified atom stereocenters. The lowest BCUT2D eigenvalue weighted by atomic mass is 9.61. The van der Waals surface area contributed by atoms with E-state index in [4.69, 9.17) is 21.1 Å². The van der Waals surface area contributed by atoms with E-state index in [1.807, 2.05) is 12.1 Å². The molecule has 2 nitrogen and oxygen atoms in total. The summed E-state index contributed by atoms with van der Waals surface area (Å²) in [6.07, 6.45) is 9.02. The summed E-state index contributed by atoms with van der Waals surface area (Å²) in [6, 6.07) is 8.25. The molecule has 2 saturated carbocycles. The van der Waals surface area contributed by atoms with Crippen molar-refractivity contribution in [2.75, 3.05) is 7.11 Å². The van der Waals surface area contributed by atoms with Crippen LogP contribution in [-0.4, -0.2) is 18.6 Å². The van der Waals surface area contributed by atoms with Crippen molar-refractivity contribution in [1.29, 1.82) is 0 Å². The van der Waals surface area contributed by atoms with E-state index in [-0.39, 0.29) is 11.5 Å². The van der Waals surface area contributed by atoms with Crippen LogP contribution in [0.25, 0.3) is 0 Å². The van der Waals surface area contributed by atoms with Gasteiger partial charge in [-0.05, 0) is 30.5 Å². The minimum Gasteiger partial charge on any atom is -0.490 e. The van der Waals surface area contributed by atoms with E-state index in [1.165, 1.54) is 38.5 Å². The minimum absolute atomic E-state index is 0.218. The third-order valence-electron chi connectivity index (χ3n) is 5.21. The molecule has 0 N–H and O–H groups in total. The molecule has 2 aliphatic carbocycles. The number of hydrogen-bond acceptors (Lipinski definition) is 2. The van der Waals surface area contributed by atoms with Crippen LogP contribution in [0.3, 0.4) is 0 Å². The van der Waals surface area contributed by atoms with Gasteiger partial charge in [0.2, 0.25) is 0 Å². The lowest BCUT2D eigenvalue weighted by Crippen LogP contribution is -2.57. The van der Waals surface area contributed by atoms with E-state index in [0.717, 1.165) is 17.7 Å². The molecule has 1 spiro atoms. The molecule has 0 heterocycles. The van der Waals surface area contributed by atoms with Gasteiger partial charge in [0, 0.05) is 24.3 Å². The first-order valence-corrected chi connectivity index (χ1v) is 8.57. The van der Waals surface area contributed by atoms with Crippen molar-refractivity contribution in [1.82, 2.24) is 0 Å². The monoisotopic (exact) mass is 308 g/mol. The van der Waals surface area contributed by atoms with Gasteiger partial charge in [0.25, 0.3) is 0 Å². The Balaban J connectivity index is 1.70. The first kappa shape index (κ1) is 15.2. The van der Waals surface area contributed by atoms with Gasteiger partial charge in [-0.3, -0.25) is 0 Å². The van der Waals surface area contributed by atoms with Crippen LogP contribution in [0.5, 0.6) is 5.75 Å². The van der Waals surface area contributed by atoms with E-state index in [2.05, 4.69) is 12.1 Å². The van der Waals surface area contributed by atoms with Crippen LogP contribution in [0.4, 0.5) is 0 Å². The smallest absolute Gasteiger partial charge is 0.120 e. The van der Waals surface area contributed by atoms with Gasteiger partial charge in [0.15, 0.2) is 0 Å². The third-order valence-corrected chi connectivity index (χ3v) is 5.82. The first-order chi connectivity index (χ1) is 10.2. The minimum atomic E-state index is 0.218. The van der Waals surface area contributed by atoms with Crippen LogP contribution in [0.2, 0.25) is 0 Å². The van der Waals surface area contributed by atoms with Crippen molar-refractivity contribution < 1.29 is 9.47 Å². The Kier molecular flexibility index (Phi) is 4.75. The predicted octanol–water partition coefficient (Wildman–Crippen LogP) is 4.93. The fourth-order valence-electron chi connectivity index (χ4n) is 3.93. The first-order valence-electron chi connectivity index (χ1n) is 8.13. The second-order valence-electron chi connectivity index (χ2n) is 6.54. The molecule has 0 aliphatic heterocycles. The SMILES string of the molecule is COCc1cccc(OC2CC(Cl)C23CCCCCC3)c1. The summed E-state index contributed by atoms with van der Waals surface area (Å²) >= 11 is 6.60. The lowest BCUT2D eigenvalue weighted by Gasteiger charge is -2.53. The van der Waals surface area contributed by atoms with E-state index in [0.29, 0.717) is 12.0 Å². The highest BCUT2D eigenvalue weighted by Gasteiger charge is 2.55. The number of benzene rings is 1. The topological polar surface area (TPSA) is 18.5 Å². The summed E-state index contributed by atoms with van der Waals surface area (Å²) < 4.78 is 11.5. The Labute approximate surface area is 132 Å².